The lowest BCUT2D eigenvalue weighted by Gasteiger charge is -1.98. The van der Waals surface area contributed by atoms with E-state index in [1.807, 2.05) is 12.1 Å². The van der Waals surface area contributed by atoms with Crippen LogP contribution in [0.1, 0.15) is 0 Å². The van der Waals surface area contributed by atoms with Gasteiger partial charge in [-0.2, -0.15) is 0 Å². The lowest BCUT2D eigenvalue weighted by atomic mass is 10.2. The van der Waals surface area contributed by atoms with Crippen molar-refractivity contribution in [3.63, 3.8) is 0 Å². The Morgan fingerprint density at radius 3 is 2.67 bits per heavy atom. The van der Waals surface area contributed by atoms with Crippen molar-refractivity contribution in [3.05, 3.63) is 53.8 Å². The Hall–Kier alpha value is -2.66. The first-order valence-corrected chi connectivity index (χ1v) is 6.68. The molecule has 2 aromatic carbocycles. The topological polar surface area (TPSA) is 63.3 Å². The molecule has 0 bridgehead atoms. The summed E-state index contributed by atoms with van der Waals surface area (Å²) in [4.78, 5) is 8.89. The zero-order valence-electron chi connectivity index (χ0n) is 10.7. The maximum absolute atomic E-state index is 9.34. The van der Waals surface area contributed by atoms with Crippen molar-refractivity contribution in [2.45, 2.75) is 0 Å². The first-order chi connectivity index (χ1) is 10.2. The first-order valence-electron chi connectivity index (χ1n) is 6.31. The highest BCUT2D eigenvalue weighted by Gasteiger charge is 2.10. The maximum atomic E-state index is 9.34. The number of phenolic OH excluding ortho intramolecular Hbond substituents is 1. The molecule has 0 aliphatic rings. The molecule has 1 N–H and O–H groups in total. The molecular formula is C15H9ClN4O. The highest BCUT2D eigenvalue weighted by Crippen LogP contribution is 2.24. The fourth-order valence-electron chi connectivity index (χ4n) is 2.24. The smallest absolute Gasteiger partial charge is 0.182 e. The van der Waals surface area contributed by atoms with Crippen molar-refractivity contribution in [1.82, 2.24) is 19.6 Å². The second-order valence-electron chi connectivity index (χ2n) is 4.66. The van der Waals surface area contributed by atoms with E-state index >= 15 is 0 Å². The SMILES string of the molecule is Oc1ccc(-c2nc3c4cc(Cl)ccc4ncn3n2)cc1. The molecule has 21 heavy (non-hydrogen) atoms. The number of phenols is 1. The Morgan fingerprint density at radius 2 is 1.86 bits per heavy atom. The van der Waals surface area contributed by atoms with Crippen molar-refractivity contribution in [2.75, 3.05) is 0 Å². The van der Waals surface area contributed by atoms with E-state index < -0.39 is 0 Å². The zero-order valence-corrected chi connectivity index (χ0v) is 11.5. The van der Waals surface area contributed by atoms with E-state index in [1.54, 1.807) is 41.2 Å². The third kappa shape index (κ3) is 1.98. The molecule has 4 aromatic rings. The summed E-state index contributed by atoms with van der Waals surface area (Å²) < 4.78 is 1.63. The van der Waals surface area contributed by atoms with Crippen LogP contribution in [0.25, 0.3) is 27.9 Å². The molecule has 0 amide bonds. The summed E-state index contributed by atoms with van der Waals surface area (Å²) in [5.74, 6) is 0.783. The zero-order chi connectivity index (χ0) is 14.4. The lowest BCUT2D eigenvalue weighted by molar-refractivity contribution is 0.475. The van der Waals surface area contributed by atoms with E-state index in [4.69, 9.17) is 11.6 Å². The van der Waals surface area contributed by atoms with Gasteiger partial charge < -0.3 is 5.11 Å². The predicted molar refractivity (Wildman–Crippen MR) is 80.4 cm³/mol. The Balaban J connectivity index is 1.99. The number of nitrogens with zero attached hydrogens (tertiary/aromatic N) is 4. The Bertz CT molecular complexity index is 963. The van der Waals surface area contributed by atoms with Gasteiger partial charge in [0.15, 0.2) is 11.5 Å². The van der Waals surface area contributed by atoms with Gasteiger partial charge in [0, 0.05) is 16.0 Å². The lowest BCUT2D eigenvalue weighted by Crippen LogP contribution is -1.91. The van der Waals surface area contributed by atoms with Crippen LogP contribution in [0.3, 0.4) is 0 Å². The minimum Gasteiger partial charge on any atom is -0.508 e. The van der Waals surface area contributed by atoms with Gasteiger partial charge in [-0.25, -0.2) is 14.5 Å². The van der Waals surface area contributed by atoms with Gasteiger partial charge in [-0.15, -0.1) is 5.10 Å². The normalized spacial score (nSPS) is 11.3. The summed E-state index contributed by atoms with van der Waals surface area (Å²) in [6, 6.07) is 12.2. The minimum atomic E-state index is 0.210. The van der Waals surface area contributed by atoms with Crippen LogP contribution < -0.4 is 0 Å². The minimum absolute atomic E-state index is 0.210. The van der Waals surface area contributed by atoms with Gasteiger partial charge in [-0.3, -0.25) is 0 Å². The number of rotatable bonds is 1. The van der Waals surface area contributed by atoms with Crippen molar-refractivity contribution < 1.29 is 5.11 Å². The number of hydrogen-bond acceptors (Lipinski definition) is 4. The molecule has 0 atom stereocenters. The van der Waals surface area contributed by atoms with E-state index in [0.29, 0.717) is 16.5 Å². The van der Waals surface area contributed by atoms with Crippen molar-refractivity contribution in [1.29, 1.82) is 0 Å². The molecule has 0 aliphatic carbocycles. The van der Waals surface area contributed by atoms with Gasteiger partial charge >= 0.3 is 0 Å². The fourth-order valence-corrected chi connectivity index (χ4v) is 2.41. The highest BCUT2D eigenvalue weighted by molar-refractivity contribution is 6.31. The van der Waals surface area contributed by atoms with E-state index in [-0.39, 0.29) is 5.75 Å². The average molecular weight is 297 g/mol. The molecule has 0 spiro atoms. The molecular weight excluding hydrogens is 288 g/mol. The standard InChI is InChI=1S/C15H9ClN4O/c16-10-3-6-13-12(7-10)15-18-14(19-20(15)8-17-13)9-1-4-11(21)5-2-9/h1-8,21H. The second-order valence-corrected chi connectivity index (χ2v) is 5.09. The summed E-state index contributed by atoms with van der Waals surface area (Å²) in [5.41, 5.74) is 2.34. The van der Waals surface area contributed by atoms with Crippen molar-refractivity contribution in [3.8, 4) is 17.1 Å². The molecule has 4 rings (SSSR count). The second kappa shape index (κ2) is 4.43. The number of aromatic hydroxyl groups is 1. The summed E-state index contributed by atoms with van der Waals surface area (Å²) in [6.07, 6.45) is 1.63. The van der Waals surface area contributed by atoms with Crippen LogP contribution in [-0.4, -0.2) is 24.7 Å². The first kappa shape index (κ1) is 12.1. The third-order valence-corrected chi connectivity index (χ3v) is 3.50. The number of hydrogen-bond donors (Lipinski definition) is 1. The molecule has 0 unspecified atom stereocenters. The quantitative estimate of drug-likeness (QED) is 0.585. The molecule has 0 saturated heterocycles. The summed E-state index contributed by atoms with van der Waals surface area (Å²) in [5, 5.41) is 15.2. The van der Waals surface area contributed by atoms with Crippen LogP contribution in [0.2, 0.25) is 5.02 Å². The van der Waals surface area contributed by atoms with Crippen molar-refractivity contribution in [2.24, 2.45) is 0 Å². The molecule has 0 fully saturated rings. The molecule has 6 heteroatoms. The summed E-state index contributed by atoms with van der Waals surface area (Å²) in [6.45, 7) is 0. The third-order valence-electron chi connectivity index (χ3n) is 3.26. The Labute approximate surface area is 124 Å². The van der Waals surface area contributed by atoms with Crippen LogP contribution in [0.4, 0.5) is 0 Å². The molecule has 102 valence electrons. The number of fused-ring (bicyclic) bond motifs is 3. The molecule has 0 radical (unpaired) electrons. The largest absolute Gasteiger partial charge is 0.508 e. The number of benzene rings is 2. The highest BCUT2D eigenvalue weighted by atomic mass is 35.5. The Kier molecular flexibility index (Phi) is 2.55. The maximum Gasteiger partial charge on any atom is 0.182 e. The van der Waals surface area contributed by atoms with Gasteiger partial charge in [0.2, 0.25) is 0 Å². The molecule has 0 aliphatic heterocycles. The van der Waals surface area contributed by atoms with Crippen LogP contribution in [0.15, 0.2) is 48.8 Å². The number of halogens is 1. The summed E-state index contributed by atoms with van der Waals surface area (Å²) in [7, 11) is 0. The van der Waals surface area contributed by atoms with Crippen LogP contribution in [0, 0.1) is 0 Å². The van der Waals surface area contributed by atoms with Gasteiger partial charge in [0.1, 0.15) is 12.1 Å². The van der Waals surface area contributed by atoms with Crippen LogP contribution in [-0.2, 0) is 0 Å². The van der Waals surface area contributed by atoms with Crippen molar-refractivity contribution >= 4 is 28.2 Å². The van der Waals surface area contributed by atoms with Gasteiger partial charge in [-0.05, 0) is 42.5 Å². The molecule has 5 nitrogen and oxygen atoms in total. The molecule has 0 saturated carbocycles. The summed E-state index contributed by atoms with van der Waals surface area (Å²) >= 11 is 6.05. The van der Waals surface area contributed by atoms with Crippen LogP contribution in [0.5, 0.6) is 5.75 Å². The fraction of sp³-hybridized carbons (Fsp3) is 0. The van der Waals surface area contributed by atoms with E-state index in [2.05, 4.69) is 15.1 Å². The molecule has 2 heterocycles. The van der Waals surface area contributed by atoms with Crippen LogP contribution >= 0.6 is 11.6 Å². The van der Waals surface area contributed by atoms with Gasteiger partial charge in [0.25, 0.3) is 0 Å². The van der Waals surface area contributed by atoms with E-state index in [1.165, 1.54) is 0 Å². The van der Waals surface area contributed by atoms with E-state index in [0.717, 1.165) is 16.5 Å². The number of aromatic nitrogens is 4. The Morgan fingerprint density at radius 1 is 1.05 bits per heavy atom. The molecule has 2 aromatic heterocycles. The van der Waals surface area contributed by atoms with Gasteiger partial charge in [-0.1, -0.05) is 11.6 Å². The average Bonchev–Trinajstić information content (AvgIpc) is 2.92. The monoisotopic (exact) mass is 296 g/mol. The van der Waals surface area contributed by atoms with E-state index in [9.17, 15) is 5.11 Å². The van der Waals surface area contributed by atoms with Gasteiger partial charge in [0.05, 0.1) is 5.52 Å². The predicted octanol–water partition coefficient (Wildman–Crippen LogP) is 3.30.